The summed E-state index contributed by atoms with van der Waals surface area (Å²) < 4.78 is 16.7. The van der Waals surface area contributed by atoms with Gasteiger partial charge in [0.1, 0.15) is 0 Å². The monoisotopic (exact) mass is 422 g/mol. The van der Waals surface area contributed by atoms with E-state index < -0.39 is 0 Å². The molecule has 0 radical (unpaired) electrons. The van der Waals surface area contributed by atoms with Gasteiger partial charge in [-0.3, -0.25) is 4.90 Å². The van der Waals surface area contributed by atoms with E-state index in [1.165, 1.54) is 22.1 Å². The molecule has 4 rings (SSSR count). The van der Waals surface area contributed by atoms with E-state index in [-0.39, 0.29) is 12.6 Å². The van der Waals surface area contributed by atoms with Gasteiger partial charge in [0.05, 0.1) is 34.0 Å². The number of ether oxygens (including phenoxy) is 3. The third-order valence-electron chi connectivity index (χ3n) is 6.06. The summed E-state index contributed by atoms with van der Waals surface area (Å²) in [7, 11) is 4.97. The van der Waals surface area contributed by atoms with Crippen molar-refractivity contribution in [3.63, 3.8) is 0 Å². The fourth-order valence-electron chi connectivity index (χ4n) is 4.41. The fourth-order valence-corrected chi connectivity index (χ4v) is 4.41. The molecule has 3 aromatic carbocycles. The largest absolute Gasteiger partial charge is 0.493 e. The molecule has 0 saturated heterocycles. The summed E-state index contributed by atoms with van der Waals surface area (Å²) in [6, 6.07) is 14.4. The maximum atomic E-state index is 9.30. The minimum Gasteiger partial charge on any atom is -0.493 e. The molecule has 1 unspecified atom stereocenters. The number of aliphatic hydroxyl groups is 1. The molecule has 31 heavy (non-hydrogen) atoms. The van der Waals surface area contributed by atoms with Crippen molar-refractivity contribution in [2.45, 2.75) is 25.6 Å². The summed E-state index contributed by atoms with van der Waals surface area (Å²) in [5.74, 6) is 2.13. The van der Waals surface area contributed by atoms with E-state index in [1.54, 1.807) is 21.3 Å². The standard InChI is InChI=1S/C25H30N2O4/c1-29-23-12-20-14-27(9-8-21(20)24(30-2)25(23)31-3)13-16-4-5-18-11-19(22(26)15-28)7-6-17(18)10-16/h4-7,10-12,22,28H,8-9,13-15,26H2,1-3H3. The van der Waals surface area contributed by atoms with Crippen LogP contribution in [0, 0.1) is 0 Å². The van der Waals surface area contributed by atoms with E-state index in [1.807, 2.05) is 6.07 Å². The van der Waals surface area contributed by atoms with Gasteiger partial charge in [0.2, 0.25) is 5.75 Å². The summed E-state index contributed by atoms with van der Waals surface area (Å²) >= 11 is 0. The van der Waals surface area contributed by atoms with Gasteiger partial charge in [-0.15, -0.1) is 0 Å². The van der Waals surface area contributed by atoms with Crippen LogP contribution in [-0.2, 0) is 19.5 Å². The topological polar surface area (TPSA) is 77.2 Å². The molecule has 0 aliphatic carbocycles. The first-order valence-electron chi connectivity index (χ1n) is 10.5. The molecule has 164 valence electrons. The lowest BCUT2D eigenvalue weighted by Gasteiger charge is -2.31. The molecule has 3 aromatic rings. The average molecular weight is 423 g/mol. The van der Waals surface area contributed by atoms with Crippen molar-refractivity contribution in [1.29, 1.82) is 0 Å². The van der Waals surface area contributed by atoms with E-state index in [0.29, 0.717) is 11.5 Å². The van der Waals surface area contributed by atoms with Crippen LogP contribution < -0.4 is 19.9 Å². The molecule has 6 heteroatoms. The van der Waals surface area contributed by atoms with E-state index in [0.717, 1.165) is 42.8 Å². The third kappa shape index (κ3) is 4.19. The Labute approximate surface area is 183 Å². The molecule has 1 aliphatic rings. The summed E-state index contributed by atoms with van der Waals surface area (Å²) in [5, 5.41) is 11.6. The second kappa shape index (κ2) is 9.14. The maximum Gasteiger partial charge on any atom is 0.203 e. The molecular weight excluding hydrogens is 392 g/mol. The molecule has 0 fully saturated rings. The number of aliphatic hydroxyl groups excluding tert-OH is 1. The first-order chi connectivity index (χ1) is 15.1. The highest BCUT2D eigenvalue weighted by molar-refractivity contribution is 5.84. The van der Waals surface area contributed by atoms with Gasteiger partial charge in [0, 0.05) is 25.2 Å². The molecule has 0 bridgehead atoms. The third-order valence-corrected chi connectivity index (χ3v) is 6.06. The lowest BCUT2D eigenvalue weighted by molar-refractivity contribution is 0.239. The number of methoxy groups -OCH3 is 3. The van der Waals surface area contributed by atoms with Gasteiger partial charge in [-0.1, -0.05) is 24.3 Å². The summed E-state index contributed by atoms with van der Waals surface area (Å²) in [4.78, 5) is 2.44. The molecule has 0 saturated carbocycles. The SMILES string of the molecule is COc1cc2c(c(OC)c1OC)CCN(Cc1ccc3cc(C(N)CO)ccc3c1)C2. The smallest absolute Gasteiger partial charge is 0.203 e. The van der Waals surface area contributed by atoms with E-state index in [2.05, 4.69) is 41.3 Å². The molecule has 0 aromatic heterocycles. The average Bonchev–Trinajstić information content (AvgIpc) is 2.81. The molecule has 0 spiro atoms. The van der Waals surface area contributed by atoms with Crippen LogP contribution in [0.25, 0.3) is 10.8 Å². The molecule has 1 heterocycles. The Kier molecular flexibility index (Phi) is 6.32. The van der Waals surface area contributed by atoms with Crippen LogP contribution in [0.2, 0.25) is 0 Å². The highest BCUT2D eigenvalue weighted by Gasteiger charge is 2.25. The quantitative estimate of drug-likeness (QED) is 0.608. The second-order valence-electron chi connectivity index (χ2n) is 7.97. The summed E-state index contributed by atoms with van der Waals surface area (Å²) in [5.41, 5.74) is 10.6. The van der Waals surface area contributed by atoms with Crippen molar-refractivity contribution in [3.05, 3.63) is 64.7 Å². The van der Waals surface area contributed by atoms with Crippen molar-refractivity contribution in [3.8, 4) is 17.2 Å². The summed E-state index contributed by atoms with van der Waals surface area (Å²) in [6.07, 6.45) is 0.898. The zero-order valence-electron chi connectivity index (χ0n) is 18.4. The van der Waals surface area contributed by atoms with Crippen molar-refractivity contribution in [2.75, 3.05) is 34.5 Å². The van der Waals surface area contributed by atoms with Crippen LogP contribution in [0.15, 0.2) is 42.5 Å². The maximum absolute atomic E-state index is 9.30. The fraction of sp³-hybridized carbons (Fsp3) is 0.360. The summed E-state index contributed by atoms with van der Waals surface area (Å²) in [6.45, 7) is 2.58. The van der Waals surface area contributed by atoms with Crippen LogP contribution in [-0.4, -0.2) is 44.5 Å². The van der Waals surface area contributed by atoms with Crippen LogP contribution in [0.3, 0.4) is 0 Å². The Morgan fingerprint density at radius 1 is 0.968 bits per heavy atom. The van der Waals surface area contributed by atoms with Gasteiger partial charge in [0.15, 0.2) is 11.5 Å². The highest BCUT2D eigenvalue weighted by atomic mass is 16.5. The van der Waals surface area contributed by atoms with E-state index in [4.69, 9.17) is 19.9 Å². The number of benzene rings is 3. The lowest BCUT2D eigenvalue weighted by Crippen LogP contribution is -2.30. The molecule has 1 aliphatic heterocycles. The number of hydrogen-bond donors (Lipinski definition) is 2. The van der Waals surface area contributed by atoms with Crippen molar-refractivity contribution >= 4 is 10.8 Å². The highest BCUT2D eigenvalue weighted by Crippen LogP contribution is 2.43. The lowest BCUT2D eigenvalue weighted by atomic mass is 9.96. The molecular formula is C25H30N2O4. The zero-order valence-corrected chi connectivity index (χ0v) is 18.4. The van der Waals surface area contributed by atoms with Crippen molar-refractivity contribution in [1.82, 2.24) is 4.90 Å². The van der Waals surface area contributed by atoms with Crippen LogP contribution in [0.1, 0.15) is 28.3 Å². The van der Waals surface area contributed by atoms with Gasteiger partial charge in [-0.05, 0) is 52.1 Å². The van der Waals surface area contributed by atoms with E-state index in [9.17, 15) is 5.11 Å². The number of nitrogens with two attached hydrogens (primary N) is 1. The van der Waals surface area contributed by atoms with Crippen LogP contribution in [0.4, 0.5) is 0 Å². The van der Waals surface area contributed by atoms with Crippen molar-refractivity contribution < 1.29 is 19.3 Å². The normalized spacial score (nSPS) is 14.9. The van der Waals surface area contributed by atoms with Gasteiger partial charge in [-0.2, -0.15) is 0 Å². The number of hydrogen-bond acceptors (Lipinski definition) is 6. The number of rotatable bonds is 7. The predicted octanol–water partition coefficient (Wildman–Crippen LogP) is 3.42. The van der Waals surface area contributed by atoms with Crippen LogP contribution in [0.5, 0.6) is 17.2 Å². The molecule has 0 amide bonds. The van der Waals surface area contributed by atoms with Gasteiger partial charge < -0.3 is 25.1 Å². The Bertz CT molecular complexity index is 1080. The Hall–Kier alpha value is -2.80. The molecule has 6 nitrogen and oxygen atoms in total. The molecule has 3 N–H and O–H groups in total. The first-order valence-corrected chi connectivity index (χ1v) is 10.5. The second-order valence-corrected chi connectivity index (χ2v) is 7.97. The van der Waals surface area contributed by atoms with Crippen molar-refractivity contribution in [2.24, 2.45) is 5.73 Å². The predicted molar refractivity (Wildman–Crippen MR) is 122 cm³/mol. The van der Waals surface area contributed by atoms with Crippen LogP contribution >= 0.6 is 0 Å². The van der Waals surface area contributed by atoms with E-state index >= 15 is 0 Å². The minimum atomic E-state index is -0.342. The zero-order chi connectivity index (χ0) is 22.0. The number of nitrogens with zero attached hydrogens (tertiary/aromatic N) is 1. The van der Waals surface area contributed by atoms with Gasteiger partial charge in [-0.25, -0.2) is 0 Å². The van der Waals surface area contributed by atoms with Gasteiger partial charge >= 0.3 is 0 Å². The Morgan fingerprint density at radius 3 is 2.42 bits per heavy atom. The Morgan fingerprint density at radius 2 is 1.71 bits per heavy atom. The molecule has 1 atom stereocenters. The minimum absolute atomic E-state index is 0.0541. The van der Waals surface area contributed by atoms with Gasteiger partial charge in [0.25, 0.3) is 0 Å². The Balaban J connectivity index is 1.56. The first kappa shape index (κ1) is 21.4. The number of fused-ring (bicyclic) bond motifs is 2.